The lowest BCUT2D eigenvalue weighted by Crippen LogP contribution is -2.57. The van der Waals surface area contributed by atoms with Crippen molar-refractivity contribution in [3.63, 3.8) is 0 Å². The summed E-state index contributed by atoms with van der Waals surface area (Å²) in [6, 6.07) is 0. The van der Waals surface area contributed by atoms with Crippen LogP contribution in [-0.4, -0.2) is 22.2 Å². The van der Waals surface area contributed by atoms with E-state index in [4.69, 9.17) is 0 Å². The van der Waals surface area contributed by atoms with Crippen LogP contribution in [0.4, 0.5) is 0 Å². The van der Waals surface area contributed by atoms with Gasteiger partial charge in [0.2, 0.25) is 0 Å². The molecule has 0 aliphatic heterocycles. The van der Waals surface area contributed by atoms with E-state index in [2.05, 4.69) is 27.7 Å². The molecule has 0 aromatic heterocycles. The molecule has 0 aliphatic carbocycles. The highest BCUT2D eigenvalue weighted by Gasteiger charge is 2.63. The van der Waals surface area contributed by atoms with Gasteiger partial charge in [-0.1, -0.05) is 118 Å². The monoisotopic (exact) mass is 454 g/mol. The van der Waals surface area contributed by atoms with E-state index in [1.807, 2.05) is 6.92 Å². The molecule has 0 heterocycles. The average molecular weight is 455 g/mol. The zero-order valence-electron chi connectivity index (χ0n) is 22.0. The molecule has 1 atom stereocenters. The molecule has 0 spiro atoms. The zero-order valence-corrected chi connectivity index (χ0v) is 22.0. The maximum absolute atomic E-state index is 13.0. The fraction of sp³-hybridized carbons (Fsp3) is 0.929. The second-order valence-electron chi connectivity index (χ2n) is 10.0. The van der Waals surface area contributed by atoms with Crippen molar-refractivity contribution in [1.29, 1.82) is 0 Å². The highest BCUT2D eigenvalue weighted by atomic mass is 16.4. The minimum absolute atomic E-state index is 0.159. The molecular formula is C28H54O4. The van der Waals surface area contributed by atoms with Gasteiger partial charge in [0.15, 0.2) is 5.41 Å². The molecular weight excluding hydrogens is 400 g/mol. The Hall–Kier alpha value is -1.06. The number of unbranched alkanes of at least 4 members (excludes halogenated alkanes) is 8. The Kier molecular flexibility index (Phi) is 16.8. The fourth-order valence-electron chi connectivity index (χ4n) is 5.86. The standard InChI is InChI=1S/C28H54O4/c1-6-11-16-17-18-20-24(19-12-7-2)27(21-13-8-3,22-14-9-4)28(25(29)30,26(31)32)23-15-10-5/h24H,6-23H2,1-5H3,(H,29,30)(H,31,32). The first-order valence-corrected chi connectivity index (χ1v) is 13.8. The first-order chi connectivity index (χ1) is 15.3. The quantitative estimate of drug-likeness (QED) is 0.126. The minimum Gasteiger partial charge on any atom is -0.480 e. The predicted molar refractivity (Wildman–Crippen MR) is 135 cm³/mol. The molecule has 0 radical (unpaired) electrons. The van der Waals surface area contributed by atoms with Gasteiger partial charge in [-0.05, 0) is 38.0 Å². The van der Waals surface area contributed by atoms with Gasteiger partial charge in [-0.25, -0.2) is 0 Å². The summed E-state index contributed by atoms with van der Waals surface area (Å²) in [5, 5.41) is 21.2. The summed E-state index contributed by atoms with van der Waals surface area (Å²) < 4.78 is 0. The maximum Gasteiger partial charge on any atom is 0.321 e. The van der Waals surface area contributed by atoms with Crippen molar-refractivity contribution in [2.24, 2.45) is 16.7 Å². The van der Waals surface area contributed by atoms with Crippen molar-refractivity contribution in [3.8, 4) is 0 Å². The van der Waals surface area contributed by atoms with E-state index in [1.165, 1.54) is 19.3 Å². The van der Waals surface area contributed by atoms with Crippen molar-refractivity contribution >= 4 is 11.9 Å². The van der Waals surface area contributed by atoms with Crippen LogP contribution in [0.15, 0.2) is 0 Å². The van der Waals surface area contributed by atoms with Crippen LogP contribution in [-0.2, 0) is 9.59 Å². The molecule has 2 N–H and O–H groups in total. The zero-order chi connectivity index (χ0) is 24.5. The van der Waals surface area contributed by atoms with Crippen molar-refractivity contribution < 1.29 is 19.8 Å². The Morgan fingerprint density at radius 2 is 0.969 bits per heavy atom. The second-order valence-corrected chi connectivity index (χ2v) is 10.0. The molecule has 0 rings (SSSR count). The summed E-state index contributed by atoms with van der Waals surface area (Å²) in [6.45, 7) is 10.7. The molecule has 0 bridgehead atoms. The van der Waals surface area contributed by atoms with Crippen LogP contribution in [0, 0.1) is 16.7 Å². The van der Waals surface area contributed by atoms with Crippen LogP contribution < -0.4 is 0 Å². The number of rotatable bonds is 22. The van der Waals surface area contributed by atoms with Crippen LogP contribution in [0.5, 0.6) is 0 Å². The molecule has 0 aliphatic rings. The highest BCUT2D eigenvalue weighted by Crippen LogP contribution is 2.58. The molecule has 0 aromatic carbocycles. The molecule has 0 saturated heterocycles. The van der Waals surface area contributed by atoms with Crippen LogP contribution in [0.3, 0.4) is 0 Å². The predicted octanol–water partition coefficient (Wildman–Crippen LogP) is 8.87. The van der Waals surface area contributed by atoms with E-state index in [0.29, 0.717) is 6.42 Å². The van der Waals surface area contributed by atoms with Crippen molar-refractivity contribution in [2.75, 3.05) is 0 Å². The van der Waals surface area contributed by atoms with E-state index in [-0.39, 0.29) is 12.3 Å². The number of carbonyl (C=O) groups is 2. The Morgan fingerprint density at radius 1 is 0.562 bits per heavy atom. The number of hydrogen-bond donors (Lipinski definition) is 2. The number of carboxylic acid groups (broad SMARTS) is 2. The third-order valence-corrected chi connectivity index (χ3v) is 7.78. The summed E-state index contributed by atoms with van der Waals surface area (Å²) in [5.74, 6) is -2.04. The molecule has 4 nitrogen and oxygen atoms in total. The SMILES string of the molecule is CCCCCCCC(CCCC)C(CCCC)(CCCC)C(CCCC)(C(=O)O)C(=O)O. The lowest BCUT2D eigenvalue weighted by Gasteiger charge is -2.51. The average Bonchev–Trinajstić information content (AvgIpc) is 2.77. The Morgan fingerprint density at radius 3 is 1.41 bits per heavy atom. The van der Waals surface area contributed by atoms with Crippen LogP contribution in [0.1, 0.15) is 150 Å². The minimum atomic E-state index is -1.69. The normalized spacial score (nSPS) is 13.3. The Labute approximate surface area is 199 Å². The maximum atomic E-state index is 13.0. The lowest BCUT2D eigenvalue weighted by atomic mass is 9.50. The van der Waals surface area contributed by atoms with Gasteiger partial charge in [0, 0.05) is 5.41 Å². The van der Waals surface area contributed by atoms with E-state index < -0.39 is 22.8 Å². The molecule has 0 fully saturated rings. The highest BCUT2D eigenvalue weighted by molar-refractivity contribution is 5.99. The fourth-order valence-corrected chi connectivity index (χ4v) is 5.86. The number of aliphatic carboxylic acids is 2. The van der Waals surface area contributed by atoms with Gasteiger partial charge >= 0.3 is 11.9 Å². The van der Waals surface area contributed by atoms with Gasteiger partial charge in [-0.2, -0.15) is 0 Å². The summed E-state index contributed by atoms with van der Waals surface area (Å²) in [7, 11) is 0. The summed E-state index contributed by atoms with van der Waals surface area (Å²) in [6.07, 6.45) is 16.8. The third kappa shape index (κ3) is 8.37. The summed E-state index contributed by atoms with van der Waals surface area (Å²) >= 11 is 0. The van der Waals surface area contributed by atoms with Gasteiger partial charge in [-0.15, -0.1) is 0 Å². The lowest BCUT2D eigenvalue weighted by molar-refractivity contribution is -0.185. The largest absolute Gasteiger partial charge is 0.480 e. The molecule has 32 heavy (non-hydrogen) atoms. The van der Waals surface area contributed by atoms with E-state index in [0.717, 1.165) is 83.5 Å². The van der Waals surface area contributed by atoms with E-state index in [9.17, 15) is 19.8 Å². The van der Waals surface area contributed by atoms with Crippen molar-refractivity contribution in [1.82, 2.24) is 0 Å². The van der Waals surface area contributed by atoms with Gasteiger partial charge in [0.1, 0.15) is 0 Å². The van der Waals surface area contributed by atoms with E-state index in [1.54, 1.807) is 0 Å². The van der Waals surface area contributed by atoms with Crippen LogP contribution >= 0.6 is 0 Å². The molecule has 0 saturated carbocycles. The summed E-state index contributed by atoms with van der Waals surface area (Å²) in [5.41, 5.74) is -2.36. The molecule has 4 heteroatoms. The third-order valence-electron chi connectivity index (χ3n) is 7.78. The summed E-state index contributed by atoms with van der Waals surface area (Å²) in [4.78, 5) is 25.9. The number of carboxylic acids is 2. The van der Waals surface area contributed by atoms with Crippen LogP contribution in [0.25, 0.3) is 0 Å². The first-order valence-electron chi connectivity index (χ1n) is 13.8. The Bertz CT molecular complexity index is 478. The Balaban J connectivity index is 6.54. The second kappa shape index (κ2) is 17.4. The molecule has 190 valence electrons. The van der Waals surface area contributed by atoms with Gasteiger partial charge < -0.3 is 10.2 Å². The first kappa shape index (κ1) is 30.9. The van der Waals surface area contributed by atoms with Crippen molar-refractivity contribution in [3.05, 3.63) is 0 Å². The van der Waals surface area contributed by atoms with Gasteiger partial charge in [0.05, 0.1) is 0 Å². The van der Waals surface area contributed by atoms with E-state index >= 15 is 0 Å². The topological polar surface area (TPSA) is 74.6 Å². The molecule has 0 amide bonds. The van der Waals surface area contributed by atoms with Crippen LogP contribution in [0.2, 0.25) is 0 Å². The van der Waals surface area contributed by atoms with Gasteiger partial charge in [-0.3, -0.25) is 9.59 Å². The smallest absolute Gasteiger partial charge is 0.321 e. The van der Waals surface area contributed by atoms with Gasteiger partial charge in [0.25, 0.3) is 0 Å². The molecule has 0 aromatic rings. The number of hydrogen-bond acceptors (Lipinski definition) is 2. The van der Waals surface area contributed by atoms with Crippen molar-refractivity contribution in [2.45, 2.75) is 150 Å². The molecule has 1 unspecified atom stereocenters.